The summed E-state index contributed by atoms with van der Waals surface area (Å²) in [5.41, 5.74) is 7.71. The molecule has 1 aromatic rings. The van der Waals surface area contributed by atoms with Gasteiger partial charge in [-0.05, 0) is 30.0 Å². The second-order valence-corrected chi connectivity index (χ2v) is 5.80. The van der Waals surface area contributed by atoms with Gasteiger partial charge in [-0.3, -0.25) is 9.59 Å². The van der Waals surface area contributed by atoms with Crippen molar-refractivity contribution in [2.45, 2.75) is 39.3 Å². The molecule has 0 aliphatic carbocycles. The number of nitrogens with one attached hydrogen (secondary N) is 1. The van der Waals surface area contributed by atoms with Gasteiger partial charge in [0, 0.05) is 25.2 Å². The Balaban J connectivity index is 1.91. The minimum absolute atomic E-state index is 0.119. The highest BCUT2D eigenvalue weighted by Gasteiger charge is 2.21. The highest BCUT2D eigenvalue weighted by molar-refractivity contribution is 5.95. The molecular formula is C16H23N3O2. The number of carbonyl (C=O) groups excluding carboxylic acids is 2. The molecule has 0 radical (unpaired) electrons. The van der Waals surface area contributed by atoms with Crippen LogP contribution in [0.5, 0.6) is 0 Å². The van der Waals surface area contributed by atoms with Crippen LogP contribution in [0.3, 0.4) is 0 Å². The molecule has 1 atom stereocenters. The predicted molar refractivity (Wildman–Crippen MR) is 82.7 cm³/mol. The summed E-state index contributed by atoms with van der Waals surface area (Å²) in [6, 6.07) is 7.23. The zero-order valence-electron chi connectivity index (χ0n) is 12.6. The van der Waals surface area contributed by atoms with E-state index in [1.165, 1.54) is 0 Å². The Hall–Kier alpha value is -1.88. The van der Waals surface area contributed by atoms with Gasteiger partial charge in [0.25, 0.3) is 0 Å². The van der Waals surface area contributed by atoms with Gasteiger partial charge < -0.3 is 16.0 Å². The molecule has 1 heterocycles. The molecule has 2 rings (SSSR count). The molecule has 5 heteroatoms. The normalized spacial score (nSPS) is 16.4. The first-order valence-corrected chi connectivity index (χ1v) is 7.41. The second-order valence-electron chi connectivity index (χ2n) is 5.80. The van der Waals surface area contributed by atoms with Crippen molar-refractivity contribution < 1.29 is 9.59 Å². The van der Waals surface area contributed by atoms with E-state index in [1.807, 2.05) is 38.1 Å². The Bertz CT molecular complexity index is 511. The number of amides is 2. The van der Waals surface area contributed by atoms with Crippen molar-refractivity contribution in [2.75, 3.05) is 11.4 Å². The maximum absolute atomic E-state index is 11.8. The van der Waals surface area contributed by atoms with Crippen LogP contribution in [0.2, 0.25) is 0 Å². The summed E-state index contributed by atoms with van der Waals surface area (Å²) < 4.78 is 0. The van der Waals surface area contributed by atoms with Gasteiger partial charge in [-0.1, -0.05) is 26.0 Å². The number of carbonyl (C=O) groups is 2. The van der Waals surface area contributed by atoms with Crippen LogP contribution >= 0.6 is 0 Å². The van der Waals surface area contributed by atoms with Crippen molar-refractivity contribution in [3.8, 4) is 0 Å². The third kappa shape index (κ3) is 3.82. The van der Waals surface area contributed by atoms with Crippen LogP contribution in [-0.2, 0) is 16.1 Å². The zero-order valence-corrected chi connectivity index (χ0v) is 12.6. The van der Waals surface area contributed by atoms with Crippen LogP contribution in [0.25, 0.3) is 0 Å². The first-order valence-electron chi connectivity index (χ1n) is 7.41. The van der Waals surface area contributed by atoms with E-state index < -0.39 is 6.04 Å². The zero-order chi connectivity index (χ0) is 15.4. The maximum Gasteiger partial charge on any atom is 0.237 e. The van der Waals surface area contributed by atoms with E-state index in [0.29, 0.717) is 13.0 Å². The van der Waals surface area contributed by atoms with Gasteiger partial charge in [0.2, 0.25) is 11.8 Å². The van der Waals surface area contributed by atoms with Crippen LogP contribution in [0.15, 0.2) is 24.3 Å². The SMILES string of the molecule is CC(C)[C@@H](N)C(=O)NCc1ccc(N2CCCC2=O)cc1. The molecule has 5 nitrogen and oxygen atoms in total. The smallest absolute Gasteiger partial charge is 0.237 e. The summed E-state index contributed by atoms with van der Waals surface area (Å²) in [5, 5.41) is 2.83. The van der Waals surface area contributed by atoms with Gasteiger partial charge >= 0.3 is 0 Å². The number of hydrogen-bond acceptors (Lipinski definition) is 3. The third-order valence-corrected chi connectivity index (χ3v) is 3.81. The van der Waals surface area contributed by atoms with Gasteiger partial charge in [0.15, 0.2) is 0 Å². The van der Waals surface area contributed by atoms with Gasteiger partial charge in [-0.2, -0.15) is 0 Å². The van der Waals surface area contributed by atoms with E-state index in [0.717, 1.165) is 24.2 Å². The Morgan fingerprint density at radius 2 is 2.00 bits per heavy atom. The van der Waals surface area contributed by atoms with Gasteiger partial charge in [0.1, 0.15) is 0 Å². The quantitative estimate of drug-likeness (QED) is 0.860. The fourth-order valence-corrected chi connectivity index (χ4v) is 2.32. The minimum Gasteiger partial charge on any atom is -0.351 e. The molecule has 1 fully saturated rings. The lowest BCUT2D eigenvalue weighted by atomic mass is 10.0. The number of hydrogen-bond donors (Lipinski definition) is 2. The Labute approximate surface area is 125 Å². The van der Waals surface area contributed by atoms with Crippen molar-refractivity contribution in [3.63, 3.8) is 0 Å². The number of nitrogens with zero attached hydrogens (tertiary/aromatic N) is 1. The van der Waals surface area contributed by atoms with Gasteiger partial charge in [-0.25, -0.2) is 0 Å². The van der Waals surface area contributed by atoms with E-state index in [2.05, 4.69) is 5.32 Å². The minimum atomic E-state index is -0.480. The molecule has 114 valence electrons. The molecule has 0 bridgehead atoms. The van der Waals surface area contributed by atoms with E-state index in [1.54, 1.807) is 4.90 Å². The highest BCUT2D eigenvalue weighted by atomic mass is 16.2. The first kappa shape index (κ1) is 15.5. The molecule has 1 aliphatic rings. The summed E-state index contributed by atoms with van der Waals surface area (Å²) in [4.78, 5) is 25.3. The standard InChI is InChI=1S/C16H23N3O2/c1-11(2)15(17)16(21)18-10-12-5-7-13(8-6-12)19-9-3-4-14(19)20/h5-8,11,15H,3-4,9-10,17H2,1-2H3,(H,18,21)/t15-/m1/s1. The fraction of sp³-hybridized carbons (Fsp3) is 0.500. The molecule has 0 aromatic heterocycles. The summed E-state index contributed by atoms with van der Waals surface area (Å²) in [6.07, 6.45) is 1.55. The molecule has 2 amide bonds. The molecule has 0 unspecified atom stereocenters. The first-order chi connectivity index (χ1) is 9.99. The fourth-order valence-electron chi connectivity index (χ4n) is 2.32. The molecular weight excluding hydrogens is 266 g/mol. The van der Waals surface area contributed by atoms with E-state index >= 15 is 0 Å². The lowest BCUT2D eigenvalue weighted by molar-refractivity contribution is -0.123. The monoisotopic (exact) mass is 289 g/mol. The van der Waals surface area contributed by atoms with Crippen molar-refractivity contribution in [1.82, 2.24) is 5.32 Å². The molecule has 1 aromatic carbocycles. The van der Waals surface area contributed by atoms with Crippen molar-refractivity contribution >= 4 is 17.5 Å². The van der Waals surface area contributed by atoms with Crippen LogP contribution < -0.4 is 16.0 Å². The molecule has 21 heavy (non-hydrogen) atoms. The predicted octanol–water partition coefficient (Wildman–Crippen LogP) is 1.41. The van der Waals surface area contributed by atoms with Crippen molar-refractivity contribution in [1.29, 1.82) is 0 Å². The Kier molecular flexibility index (Phi) is 4.96. The average Bonchev–Trinajstić information content (AvgIpc) is 2.90. The number of rotatable bonds is 5. The van der Waals surface area contributed by atoms with Gasteiger partial charge in [-0.15, -0.1) is 0 Å². The molecule has 0 saturated carbocycles. The van der Waals surface area contributed by atoms with Crippen LogP contribution in [-0.4, -0.2) is 24.4 Å². The summed E-state index contributed by atoms with van der Waals surface area (Å²) in [5.74, 6) is 0.163. The Morgan fingerprint density at radius 3 is 2.52 bits per heavy atom. The third-order valence-electron chi connectivity index (χ3n) is 3.81. The topological polar surface area (TPSA) is 75.4 Å². The summed E-state index contributed by atoms with van der Waals surface area (Å²) >= 11 is 0. The maximum atomic E-state index is 11.8. The number of nitrogens with two attached hydrogens (primary N) is 1. The summed E-state index contributed by atoms with van der Waals surface area (Å²) in [6.45, 7) is 5.09. The van der Waals surface area contributed by atoms with E-state index in [9.17, 15) is 9.59 Å². The lowest BCUT2D eigenvalue weighted by Gasteiger charge is -2.17. The average molecular weight is 289 g/mol. The number of benzene rings is 1. The van der Waals surface area contributed by atoms with Crippen LogP contribution in [0.4, 0.5) is 5.69 Å². The lowest BCUT2D eigenvalue weighted by Crippen LogP contribution is -2.43. The highest BCUT2D eigenvalue weighted by Crippen LogP contribution is 2.21. The molecule has 3 N–H and O–H groups in total. The van der Waals surface area contributed by atoms with Gasteiger partial charge in [0.05, 0.1) is 6.04 Å². The molecule has 0 spiro atoms. The van der Waals surface area contributed by atoms with Crippen LogP contribution in [0.1, 0.15) is 32.3 Å². The second kappa shape index (κ2) is 6.72. The largest absolute Gasteiger partial charge is 0.351 e. The van der Waals surface area contributed by atoms with Crippen molar-refractivity contribution in [3.05, 3.63) is 29.8 Å². The summed E-state index contributed by atoms with van der Waals surface area (Å²) in [7, 11) is 0. The van der Waals surface area contributed by atoms with E-state index in [-0.39, 0.29) is 17.7 Å². The number of anilines is 1. The Morgan fingerprint density at radius 1 is 1.33 bits per heavy atom. The molecule has 1 aliphatic heterocycles. The van der Waals surface area contributed by atoms with Crippen molar-refractivity contribution in [2.24, 2.45) is 11.7 Å². The van der Waals surface area contributed by atoms with E-state index in [4.69, 9.17) is 5.73 Å². The van der Waals surface area contributed by atoms with Crippen LogP contribution in [0, 0.1) is 5.92 Å². The molecule has 1 saturated heterocycles.